The molecule has 1 amide bonds. The van der Waals surface area contributed by atoms with Crippen molar-refractivity contribution in [3.05, 3.63) is 40.6 Å². The maximum Gasteiger partial charge on any atom is 0.407 e. The minimum atomic E-state index is -0.801. The number of carbonyl (C=O) groups is 1. The first-order chi connectivity index (χ1) is 12.5. The molecule has 0 radical (unpaired) electrons. The number of aromatic nitrogens is 1. The van der Waals surface area contributed by atoms with Gasteiger partial charge < -0.3 is 14.5 Å². The van der Waals surface area contributed by atoms with Crippen LogP contribution < -0.4 is 0 Å². The van der Waals surface area contributed by atoms with Crippen molar-refractivity contribution in [1.82, 2.24) is 10.1 Å². The van der Waals surface area contributed by atoms with Crippen molar-refractivity contribution in [3.8, 4) is 0 Å². The third-order valence-corrected chi connectivity index (χ3v) is 5.48. The number of rotatable bonds is 5. The zero-order valence-corrected chi connectivity index (χ0v) is 15.9. The summed E-state index contributed by atoms with van der Waals surface area (Å²) < 4.78 is 5.66. The molecule has 0 saturated carbocycles. The fourth-order valence-corrected chi connectivity index (χ4v) is 3.70. The predicted molar refractivity (Wildman–Crippen MR) is 103 cm³/mol. The van der Waals surface area contributed by atoms with Crippen molar-refractivity contribution in [2.24, 2.45) is 5.92 Å². The predicted octanol–water partition coefficient (Wildman–Crippen LogP) is 4.97. The molecule has 1 aromatic carbocycles. The third kappa shape index (κ3) is 4.09. The van der Waals surface area contributed by atoms with E-state index in [9.17, 15) is 4.79 Å². The highest BCUT2D eigenvalue weighted by Gasteiger charge is 2.23. The van der Waals surface area contributed by atoms with Crippen molar-refractivity contribution in [1.29, 1.82) is 0 Å². The molecule has 2 heterocycles. The monoisotopic (exact) mass is 356 g/mol. The largest absolute Gasteiger partial charge is 0.465 e. The molecule has 0 atom stereocenters. The molecular weight excluding hydrogens is 328 g/mol. The van der Waals surface area contributed by atoms with Crippen LogP contribution in [0.15, 0.2) is 28.3 Å². The van der Waals surface area contributed by atoms with Gasteiger partial charge in [-0.15, -0.1) is 0 Å². The number of aryl methyl sites for hydroxylation is 2. The highest BCUT2D eigenvalue weighted by Crippen LogP contribution is 2.28. The SMILES string of the molecule is CC(C)=CCc1ccc2c(CCC3CCN(C(=O)O)CC3)noc2c1C. The first kappa shape index (κ1) is 18.5. The lowest BCUT2D eigenvalue weighted by atomic mass is 9.91. The van der Waals surface area contributed by atoms with E-state index < -0.39 is 6.09 Å². The number of allylic oxidation sites excluding steroid dienone is 2. The molecule has 140 valence electrons. The van der Waals surface area contributed by atoms with Crippen LogP contribution in [0.25, 0.3) is 11.0 Å². The quantitative estimate of drug-likeness (QED) is 0.768. The van der Waals surface area contributed by atoms with Gasteiger partial charge in [-0.2, -0.15) is 0 Å². The fourth-order valence-electron chi connectivity index (χ4n) is 3.70. The number of likely N-dealkylation sites (tertiary alicyclic amines) is 1. The molecule has 2 aromatic rings. The van der Waals surface area contributed by atoms with Crippen LogP contribution in [0.5, 0.6) is 0 Å². The van der Waals surface area contributed by atoms with Crippen LogP contribution in [0, 0.1) is 12.8 Å². The number of carboxylic acid groups (broad SMARTS) is 1. The third-order valence-electron chi connectivity index (χ3n) is 5.48. The van der Waals surface area contributed by atoms with E-state index in [0.29, 0.717) is 19.0 Å². The minimum Gasteiger partial charge on any atom is -0.465 e. The van der Waals surface area contributed by atoms with Crippen molar-refractivity contribution in [2.75, 3.05) is 13.1 Å². The van der Waals surface area contributed by atoms with Gasteiger partial charge in [0, 0.05) is 18.5 Å². The number of amides is 1. The van der Waals surface area contributed by atoms with Gasteiger partial charge >= 0.3 is 6.09 Å². The van der Waals surface area contributed by atoms with Crippen LogP contribution in [0.3, 0.4) is 0 Å². The summed E-state index contributed by atoms with van der Waals surface area (Å²) in [6.45, 7) is 7.62. The van der Waals surface area contributed by atoms with Crippen molar-refractivity contribution in [2.45, 2.75) is 52.9 Å². The molecule has 26 heavy (non-hydrogen) atoms. The topological polar surface area (TPSA) is 66.6 Å². The van der Waals surface area contributed by atoms with E-state index >= 15 is 0 Å². The lowest BCUT2D eigenvalue weighted by Crippen LogP contribution is -2.37. The summed E-state index contributed by atoms with van der Waals surface area (Å²) in [5.41, 5.74) is 5.70. The first-order valence-electron chi connectivity index (χ1n) is 9.43. The van der Waals surface area contributed by atoms with Gasteiger partial charge in [-0.05, 0) is 76.0 Å². The molecule has 0 bridgehead atoms. The molecule has 0 unspecified atom stereocenters. The molecule has 1 fully saturated rings. The van der Waals surface area contributed by atoms with E-state index in [1.807, 2.05) is 0 Å². The van der Waals surface area contributed by atoms with Crippen LogP contribution in [0.2, 0.25) is 0 Å². The number of hydrogen-bond acceptors (Lipinski definition) is 3. The summed E-state index contributed by atoms with van der Waals surface area (Å²) in [6, 6.07) is 4.32. The summed E-state index contributed by atoms with van der Waals surface area (Å²) >= 11 is 0. The standard InChI is InChI=1S/C21H28N2O3/c1-14(2)4-6-17-7-8-18-19(22-26-20(18)15(17)3)9-5-16-10-12-23(13-11-16)21(24)25/h4,7-8,16H,5-6,9-13H2,1-3H3,(H,24,25). The second-order valence-corrected chi connectivity index (χ2v) is 7.59. The molecule has 3 rings (SSSR count). The van der Waals surface area contributed by atoms with E-state index in [4.69, 9.17) is 9.63 Å². The lowest BCUT2D eigenvalue weighted by Gasteiger charge is -2.29. The Hall–Kier alpha value is -2.30. The Bertz CT molecular complexity index is 810. The van der Waals surface area contributed by atoms with Gasteiger partial charge in [0.1, 0.15) is 0 Å². The average Bonchev–Trinajstić information content (AvgIpc) is 3.03. The van der Waals surface area contributed by atoms with Gasteiger partial charge in [-0.1, -0.05) is 22.9 Å². The van der Waals surface area contributed by atoms with E-state index in [1.165, 1.54) is 21.6 Å². The lowest BCUT2D eigenvalue weighted by molar-refractivity contribution is 0.123. The van der Waals surface area contributed by atoms with E-state index in [-0.39, 0.29) is 0 Å². The van der Waals surface area contributed by atoms with Crippen LogP contribution >= 0.6 is 0 Å². The molecule has 1 saturated heterocycles. The molecule has 0 spiro atoms. The summed E-state index contributed by atoms with van der Waals surface area (Å²) in [5.74, 6) is 0.565. The second kappa shape index (κ2) is 7.94. The summed E-state index contributed by atoms with van der Waals surface area (Å²) in [4.78, 5) is 12.5. The average molecular weight is 356 g/mol. The van der Waals surface area contributed by atoms with E-state index in [2.05, 4.69) is 44.1 Å². The van der Waals surface area contributed by atoms with Gasteiger partial charge in [-0.3, -0.25) is 0 Å². The molecule has 0 aliphatic carbocycles. The smallest absolute Gasteiger partial charge is 0.407 e. The zero-order chi connectivity index (χ0) is 18.7. The van der Waals surface area contributed by atoms with Crippen LogP contribution in [0.1, 0.15) is 49.9 Å². The van der Waals surface area contributed by atoms with Crippen LogP contribution in [-0.2, 0) is 12.8 Å². The number of benzene rings is 1. The number of fused-ring (bicyclic) bond motifs is 1. The number of piperidine rings is 1. The highest BCUT2D eigenvalue weighted by atomic mass is 16.5. The number of hydrogen-bond donors (Lipinski definition) is 1. The van der Waals surface area contributed by atoms with Crippen LogP contribution in [0.4, 0.5) is 4.79 Å². The molecule has 1 aliphatic heterocycles. The Kier molecular flexibility index (Phi) is 5.64. The summed E-state index contributed by atoms with van der Waals surface area (Å²) in [6.07, 6.45) is 6.15. The van der Waals surface area contributed by atoms with Crippen molar-refractivity contribution in [3.63, 3.8) is 0 Å². The Labute approximate surface area is 154 Å². The molecule has 5 nitrogen and oxygen atoms in total. The van der Waals surface area contributed by atoms with Gasteiger partial charge in [0.25, 0.3) is 0 Å². The second-order valence-electron chi connectivity index (χ2n) is 7.59. The Morgan fingerprint density at radius 2 is 2.08 bits per heavy atom. The van der Waals surface area contributed by atoms with E-state index in [0.717, 1.165) is 48.8 Å². The van der Waals surface area contributed by atoms with E-state index in [1.54, 1.807) is 0 Å². The number of nitrogens with zero attached hydrogens (tertiary/aromatic N) is 2. The molecule has 5 heteroatoms. The van der Waals surface area contributed by atoms with Gasteiger partial charge in [0.05, 0.1) is 5.69 Å². The van der Waals surface area contributed by atoms with Gasteiger partial charge in [0.15, 0.2) is 5.58 Å². The summed E-state index contributed by atoms with van der Waals surface area (Å²) in [5, 5.41) is 14.5. The van der Waals surface area contributed by atoms with Crippen LogP contribution in [-0.4, -0.2) is 34.3 Å². The maximum atomic E-state index is 11.0. The maximum absolute atomic E-state index is 11.0. The first-order valence-corrected chi connectivity index (χ1v) is 9.43. The molecular formula is C21H28N2O3. The van der Waals surface area contributed by atoms with Gasteiger partial charge in [0.2, 0.25) is 0 Å². The normalized spacial score (nSPS) is 15.4. The Balaban J connectivity index is 1.65. The zero-order valence-electron chi connectivity index (χ0n) is 15.9. The fraction of sp³-hybridized carbons (Fsp3) is 0.524. The molecule has 1 N–H and O–H groups in total. The minimum absolute atomic E-state index is 0.565. The van der Waals surface area contributed by atoms with Crippen molar-refractivity contribution < 1.29 is 14.4 Å². The highest BCUT2D eigenvalue weighted by molar-refractivity contribution is 5.83. The Morgan fingerprint density at radius 1 is 1.35 bits per heavy atom. The molecule has 1 aliphatic rings. The summed E-state index contributed by atoms with van der Waals surface area (Å²) in [7, 11) is 0. The van der Waals surface area contributed by atoms with Crippen molar-refractivity contribution >= 4 is 17.1 Å². The molecule has 1 aromatic heterocycles. The van der Waals surface area contributed by atoms with Gasteiger partial charge in [-0.25, -0.2) is 4.79 Å². The Morgan fingerprint density at radius 3 is 2.73 bits per heavy atom.